The standard InChI is InChI=1S/C17H21NO3/c1-16(2,3)21-15(19)12-20-17(10-5-11-17)13-6-8-14(18-4)9-7-13/h6-9H,5,10-12H2,1-3H3. The summed E-state index contributed by atoms with van der Waals surface area (Å²) >= 11 is 0. The third-order valence-electron chi connectivity index (χ3n) is 3.57. The normalized spacial score (nSPS) is 16.7. The number of carbonyl (C=O) groups is 1. The van der Waals surface area contributed by atoms with Crippen molar-refractivity contribution in [2.75, 3.05) is 6.61 Å². The zero-order valence-corrected chi connectivity index (χ0v) is 12.8. The predicted octanol–water partition coefficient (Wildman–Crippen LogP) is 3.97. The summed E-state index contributed by atoms with van der Waals surface area (Å²) in [5.74, 6) is -0.341. The third-order valence-corrected chi connectivity index (χ3v) is 3.57. The molecule has 4 nitrogen and oxygen atoms in total. The Bertz CT molecular complexity index is 545. The molecular formula is C17H21NO3. The predicted molar refractivity (Wildman–Crippen MR) is 80.0 cm³/mol. The minimum atomic E-state index is -0.496. The molecule has 21 heavy (non-hydrogen) atoms. The summed E-state index contributed by atoms with van der Waals surface area (Å²) in [6.07, 6.45) is 2.87. The lowest BCUT2D eigenvalue weighted by Gasteiger charge is -2.42. The van der Waals surface area contributed by atoms with E-state index in [9.17, 15) is 4.79 Å². The quantitative estimate of drug-likeness (QED) is 0.621. The number of carbonyl (C=O) groups excluding carboxylic acids is 1. The van der Waals surface area contributed by atoms with Gasteiger partial charge in [0.15, 0.2) is 5.69 Å². The van der Waals surface area contributed by atoms with Gasteiger partial charge in [-0.05, 0) is 45.6 Å². The number of rotatable bonds is 4. The summed E-state index contributed by atoms with van der Waals surface area (Å²) in [6, 6.07) is 7.42. The number of esters is 1. The fourth-order valence-electron chi connectivity index (χ4n) is 2.42. The lowest BCUT2D eigenvalue weighted by atomic mass is 9.75. The minimum Gasteiger partial charge on any atom is -0.458 e. The van der Waals surface area contributed by atoms with Crippen LogP contribution in [0.5, 0.6) is 0 Å². The summed E-state index contributed by atoms with van der Waals surface area (Å²) < 4.78 is 11.2. The molecule has 1 aliphatic rings. The van der Waals surface area contributed by atoms with E-state index in [2.05, 4.69) is 4.85 Å². The van der Waals surface area contributed by atoms with Crippen molar-refractivity contribution in [2.24, 2.45) is 0 Å². The first-order valence-electron chi connectivity index (χ1n) is 7.18. The molecule has 0 aromatic heterocycles. The highest BCUT2D eigenvalue weighted by molar-refractivity contribution is 5.71. The Morgan fingerprint density at radius 1 is 1.29 bits per heavy atom. The maximum atomic E-state index is 11.8. The monoisotopic (exact) mass is 287 g/mol. The molecule has 1 aromatic carbocycles. The molecule has 0 spiro atoms. The van der Waals surface area contributed by atoms with E-state index in [1.54, 1.807) is 12.1 Å². The molecule has 4 heteroatoms. The van der Waals surface area contributed by atoms with E-state index in [1.165, 1.54) is 0 Å². The van der Waals surface area contributed by atoms with E-state index in [1.807, 2.05) is 32.9 Å². The third kappa shape index (κ3) is 3.83. The summed E-state index contributed by atoms with van der Waals surface area (Å²) in [7, 11) is 0. The molecule has 0 radical (unpaired) electrons. The second-order valence-electron chi connectivity index (χ2n) is 6.38. The fourth-order valence-corrected chi connectivity index (χ4v) is 2.42. The van der Waals surface area contributed by atoms with Crippen LogP contribution in [-0.4, -0.2) is 18.2 Å². The molecule has 0 atom stereocenters. The average molecular weight is 287 g/mol. The van der Waals surface area contributed by atoms with Crippen molar-refractivity contribution in [1.29, 1.82) is 0 Å². The molecule has 0 N–H and O–H groups in total. The number of nitrogens with zero attached hydrogens (tertiary/aromatic N) is 1. The van der Waals surface area contributed by atoms with Crippen molar-refractivity contribution in [2.45, 2.75) is 51.2 Å². The van der Waals surface area contributed by atoms with Crippen LogP contribution in [-0.2, 0) is 19.9 Å². The molecule has 112 valence electrons. The molecule has 0 bridgehead atoms. The zero-order valence-electron chi connectivity index (χ0n) is 12.8. The van der Waals surface area contributed by atoms with E-state index in [0.717, 1.165) is 24.8 Å². The van der Waals surface area contributed by atoms with Crippen molar-refractivity contribution in [3.8, 4) is 0 Å². The van der Waals surface area contributed by atoms with Gasteiger partial charge in [0.2, 0.25) is 0 Å². The summed E-state index contributed by atoms with van der Waals surface area (Å²) in [4.78, 5) is 15.2. The molecule has 1 aliphatic carbocycles. The van der Waals surface area contributed by atoms with Crippen LogP contribution in [0.2, 0.25) is 0 Å². The van der Waals surface area contributed by atoms with Gasteiger partial charge < -0.3 is 9.47 Å². The van der Waals surface area contributed by atoms with Crippen LogP contribution in [0.3, 0.4) is 0 Å². The van der Waals surface area contributed by atoms with Crippen molar-refractivity contribution in [3.05, 3.63) is 41.2 Å². The molecule has 0 saturated heterocycles. The molecule has 1 saturated carbocycles. The number of ether oxygens (including phenoxy) is 2. The highest BCUT2D eigenvalue weighted by Gasteiger charge is 2.40. The van der Waals surface area contributed by atoms with Gasteiger partial charge in [-0.3, -0.25) is 0 Å². The van der Waals surface area contributed by atoms with E-state index in [0.29, 0.717) is 5.69 Å². The van der Waals surface area contributed by atoms with E-state index in [4.69, 9.17) is 16.0 Å². The highest BCUT2D eigenvalue weighted by Crippen LogP contribution is 2.45. The second-order valence-corrected chi connectivity index (χ2v) is 6.38. The van der Waals surface area contributed by atoms with Gasteiger partial charge in [-0.25, -0.2) is 9.64 Å². The van der Waals surface area contributed by atoms with Crippen molar-refractivity contribution in [3.63, 3.8) is 0 Å². The molecule has 0 heterocycles. The summed E-state index contributed by atoms with van der Waals surface area (Å²) in [6.45, 7) is 12.5. The Labute approximate surface area is 125 Å². The van der Waals surface area contributed by atoms with Crippen LogP contribution in [0.25, 0.3) is 4.85 Å². The lowest BCUT2D eigenvalue weighted by Crippen LogP contribution is -2.39. The topological polar surface area (TPSA) is 39.9 Å². The van der Waals surface area contributed by atoms with Crippen molar-refractivity contribution < 1.29 is 14.3 Å². The van der Waals surface area contributed by atoms with Crippen LogP contribution >= 0.6 is 0 Å². The second kappa shape index (κ2) is 5.87. The first-order valence-corrected chi connectivity index (χ1v) is 7.18. The molecule has 2 rings (SSSR count). The van der Waals surface area contributed by atoms with Crippen LogP contribution < -0.4 is 0 Å². The molecule has 0 amide bonds. The average Bonchev–Trinajstić information content (AvgIpc) is 2.36. The Morgan fingerprint density at radius 2 is 1.90 bits per heavy atom. The van der Waals surface area contributed by atoms with Gasteiger partial charge in [0.25, 0.3) is 0 Å². The maximum absolute atomic E-state index is 11.8. The first kappa shape index (κ1) is 15.5. The Kier molecular flexibility index (Phi) is 4.34. The van der Waals surface area contributed by atoms with Gasteiger partial charge in [0.1, 0.15) is 12.2 Å². The Hall–Kier alpha value is -1.86. The summed E-state index contributed by atoms with van der Waals surface area (Å²) in [5, 5.41) is 0. The minimum absolute atomic E-state index is 0.0398. The van der Waals surface area contributed by atoms with Gasteiger partial charge in [0, 0.05) is 0 Å². The van der Waals surface area contributed by atoms with Crippen LogP contribution in [0.15, 0.2) is 24.3 Å². The van der Waals surface area contributed by atoms with Gasteiger partial charge in [-0.1, -0.05) is 24.3 Å². The van der Waals surface area contributed by atoms with E-state index in [-0.39, 0.29) is 12.6 Å². The van der Waals surface area contributed by atoms with Gasteiger partial charge in [-0.15, -0.1) is 0 Å². The molecule has 0 unspecified atom stereocenters. The Morgan fingerprint density at radius 3 is 2.33 bits per heavy atom. The number of hydrogen-bond acceptors (Lipinski definition) is 3. The SMILES string of the molecule is [C-]#[N+]c1ccc(C2(OCC(=O)OC(C)(C)C)CCC2)cc1. The smallest absolute Gasteiger partial charge is 0.332 e. The van der Waals surface area contributed by atoms with Gasteiger partial charge >= 0.3 is 5.97 Å². The molecule has 1 fully saturated rings. The molecular weight excluding hydrogens is 266 g/mol. The molecule has 1 aromatic rings. The van der Waals surface area contributed by atoms with Crippen LogP contribution in [0.1, 0.15) is 45.6 Å². The van der Waals surface area contributed by atoms with Gasteiger partial charge in [0.05, 0.1) is 12.2 Å². The largest absolute Gasteiger partial charge is 0.458 e. The number of hydrogen-bond donors (Lipinski definition) is 0. The van der Waals surface area contributed by atoms with E-state index >= 15 is 0 Å². The number of benzene rings is 1. The first-order chi connectivity index (χ1) is 9.85. The zero-order chi connectivity index (χ0) is 15.5. The molecule has 0 aliphatic heterocycles. The maximum Gasteiger partial charge on any atom is 0.332 e. The van der Waals surface area contributed by atoms with Gasteiger partial charge in [-0.2, -0.15) is 0 Å². The van der Waals surface area contributed by atoms with Crippen molar-refractivity contribution in [1.82, 2.24) is 0 Å². The van der Waals surface area contributed by atoms with Crippen LogP contribution in [0.4, 0.5) is 5.69 Å². The highest BCUT2D eigenvalue weighted by atomic mass is 16.6. The fraction of sp³-hybridized carbons (Fsp3) is 0.529. The Balaban J connectivity index is 2.01. The lowest BCUT2D eigenvalue weighted by molar-refractivity contribution is -0.174. The summed E-state index contributed by atoms with van der Waals surface area (Å²) in [5.41, 5.74) is 0.757. The van der Waals surface area contributed by atoms with Crippen molar-refractivity contribution >= 4 is 11.7 Å². The van der Waals surface area contributed by atoms with Crippen LogP contribution in [0, 0.1) is 6.57 Å². The van der Waals surface area contributed by atoms with E-state index < -0.39 is 11.2 Å².